The van der Waals surface area contributed by atoms with Gasteiger partial charge in [0.2, 0.25) is 11.8 Å². The van der Waals surface area contributed by atoms with Crippen molar-refractivity contribution in [2.75, 3.05) is 24.7 Å². The van der Waals surface area contributed by atoms with Crippen LogP contribution < -0.4 is 15.4 Å². The quantitative estimate of drug-likeness (QED) is 0.524. The zero-order valence-corrected chi connectivity index (χ0v) is 18.7. The minimum atomic E-state index is -0.269. The molecule has 1 aromatic heterocycles. The first kappa shape index (κ1) is 22.4. The van der Waals surface area contributed by atoms with Crippen LogP contribution in [-0.4, -0.2) is 46.0 Å². The van der Waals surface area contributed by atoms with E-state index in [1.165, 1.54) is 11.8 Å². The van der Waals surface area contributed by atoms with Gasteiger partial charge in [-0.1, -0.05) is 29.5 Å². The normalized spacial score (nSPS) is 10.6. The summed E-state index contributed by atoms with van der Waals surface area (Å²) in [5.41, 5.74) is 4.76. The van der Waals surface area contributed by atoms with E-state index in [1.807, 2.05) is 57.2 Å². The molecular formula is C22H25N5O3S. The summed E-state index contributed by atoms with van der Waals surface area (Å²) in [6.45, 7) is 5.81. The van der Waals surface area contributed by atoms with E-state index in [-0.39, 0.29) is 24.1 Å². The largest absolute Gasteiger partial charge is 0.497 e. The second-order valence-corrected chi connectivity index (χ2v) is 8.01. The van der Waals surface area contributed by atoms with Gasteiger partial charge in [0.05, 0.1) is 19.4 Å². The zero-order valence-electron chi connectivity index (χ0n) is 17.9. The van der Waals surface area contributed by atoms with Crippen molar-refractivity contribution in [3.63, 3.8) is 0 Å². The van der Waals surface area contributed by atoms with Gasteiger partial charge in [0.15, 0.2) is 5.16 Å². The predicted octanol–water partition coefficient (Wildman–Crippen LogP) is 3.05. The van der Waals surface area contributed by atoms with E-state index in [0.29, 0.717) is 5.16 Å². The number of nitrogens with one attached hydrogen (secondary N) is 2. The van der Waals surface area contributed by atoms with Crippen LogP contribution in [0.1, 0.15) is 16.7 Å². The molecule has 8 nitrogen and oxygen atoms in total. The Morgan fingerprint density at radius 3 is 2.39 bits per heavy atom. The molecule has 0 spiro atoms. The average Bonchev–Trinajstić information content (AvgIpc) is 3.22. The second kappa shape index (κ2) is 10.1. The Morgan fingerprint density at radius 2 is 1.74 bits per heavy atom. The van der Waals surface area contributed by atoms with Crippen molar-refractivity contribution in [1.29, 1.82) is 0 Å². The number of nitrogens with zero attached hydrogens (tertiary/aromatic N) is 3. The summed E-state index contributed by atoms with van der Waals surface area (Å²) in [5, 5.41) is 14.1. The Bertz CT molecular complexity index is 1060. The summed E-state index contributed by atoms with van der Waals surface area (Å²) in [6.07, 6.45) is 1.59. The molecule has 0 saturated heterocycles. The highest BCUT2D eigenvalue weighted by Gasteiger charge is 2.13. The SMILES string of the molecule is COc1ccc(-n2cnnc2SCC(=O)NCC(=O)Nc2c(C)cc(C)cc2C)cc1. The van der Waals surface area contributed by atoms with Crippen LogP contribution in [0.25, 0.3) is 5.69 Å². The average molecular weight is 440 g/mol. The maximum Gasteiger partial charge on any atom is 0.243 e. The molecule has 0 unspecified atom stereocenters. The summed E-state index contributed by atoms with van der Waals surface area (Å²) < 4.78 is 6.95. The van der Waals surface area contributed by atoms with Crippen LogP contribution in [-0.2, 0) is 9.59 Å². The number of carbonyl (C=O) groups is 2. The molecule has 1 heterocycles. The lowest BCUT2D eigenvalue weighted by Gasteiger charge is -2.13. The highest BCUT2D eigenvalue weighted by Crippen LogP contribution is 2.22. The summed E-state index contributed by atoms with van der Waals surface area (Å²) in [5.74, 6) is 0.335. The Kier molecular flexibility index (Phi) is 7.30. The van der Waals surface area contributed by atoms with Crippen LogP contribution in [0, 0.1) is 20.8 Å². The molecular weight excluding hydrogens is 414 g/mol. The van der Waals surface area contributed by atoms with Crippen LogP contribution >= 0.6 is 11.8 Å². The van der Waals surface area contributed by atoms with Crippen LogP contribution in [0.4, 0.5) is 5.69 Å². The van der Waals surface area contributed by atoms with Crippen molar-refractivity contribution in [2.24, 2.45) is 0 Å². The molecule has 31 heavy (non-hydrogen) atoms. The number of aromatic nitrogens is 3. The van der Waals surface area contributed by atoms with E-state index >= 15 is 0 Å². The number of amides is 2. The molecule has 3 rings (SSSR count). The number of methoxy groups -OCH3 is 1. The maximum atomic E-state index is 12.3. The molecule has 2 N–H and O–H groups in total. The van der Waals surface area contributed by atoms with Crippen LogP contribution in [0.2, 0.25) is 0 Å². The van der Waals surface area contributed by atoms with E-state index in [2.05, 4.69) is 20.8 Å². The molecule has 0 fully saturated rings. The first-order valence-corrected chi connectivity index (χ1v) is 10.7. The highest BCUT2D eigenvalue weighted by atomic mass is 32.2. The lowest BCUT2D eigenvalue weighted by atomic mass is 10.1. The summed E-state index contributed by atoms with van der Waals surface area (Å²) >= 11 is 1.24. The van der Waals surface area contributed by atoms with E-state index in [4.69, 9.17) is 4.74 Å². The summed E-state index contributed by atoms with van der Waals surface area (Å²) in [4.78, 5) is 24.5. The summed E-state index contributed by atoms with van der Waals surface area (Å²) in [6, 6.07) is 11.5. The Hall–Kier alpha value is -3.33. The van der Waals surface area contributed by atoms with Crippen molar-refractivity contribution in [3.05, 3.63) is 59.4 Å². The minimum Gasteiger partial charge on any atom is -0.497 e. The van der Waals surface area contributed by atoms with Crippen LogP contribution in [0.3, 0.4) is 0 Å². The van der Waals surface area contributed by atoms with Crippen molar-refractivity contribution < 1.29 is 14.3 Å². The predicted molar refractivity (Wildman–Crippen MR) is 121 cm³/mol. The highest BCUT2D eigenvalue weighted by molar-refractivity contribution is 7.99. The molecule has 0 aliphatic carbocycles. The van der Waals surface area contributed by atoms with Crippen LogP contribution in [0.15, 0.2) is 47.9 Å². The maximum absolute atomic E-state index is 12.3. The van der Waals surface area contributed by atoms with Gasteiger partial charge >= 0.3 is 0 Å². The fraction of sp³-hybridized carbons (Fsp3) is 0.273. The number of aryl methyl sites for hydroxylation is 3. The molecule has 0 radical (unpaired) electrons. The molecule has 0 atom stereocenters. The van der Waals surface area contributed by atoms with E-state index < -0.39 is 0 Å². The fourth-order valence-electron chi connectivity index (χ4n) is 3.16. The van der Waals surface area contributed by atoms with Crippen LogP contribution in [0.5, 0.6) is 5.75 Å². The first-order valence-electron chi connectivity index (χ1n) is 9.69. The van der Waals surface area contributed by atoms with Gasteiger partial charge in [-0.05, 0) is 56.2 Å². The fourth-order valence-corrected chi connectivity index (χ4v) is 3.92. The lowest BCUT2D eigenvalue weighted by molar-refractivity contribution is -0.122. The van der Waals surface area contributed by atoms with Crippen molar-refractivity contribution in [1.82, 2.24) is 20.1 Å². The van der Waals surface area contributed by atoms with E-state index in [9.17, 15) is 9.59 Å². The van der Waals surface area contributed by atoms with Gasteiger partial charge in [0.25, 0.3) is 0 Å². The molecule has 162 valence electrons. The Morgan fingerprint density at radius 1 is 1.06 bits per heavy atom. The van der Waals surface area contributed by atoms with Crippen molar-refractivity contribution in [3.8, 4) is 11.4 Å². The van der Waals surface area contributed by atoms with Crippen molar-refractivity contribution >= 4 is 29.3 Å². The number of hydrogen-bond donors (Lipinski definition) is 2. The number of carbonyl (C=O) groups excluding carboxylic acids is 2. The molecule has 0 bridgehead atoms. The third kappa shape index (κ3) is 5.85. The number of ether oxygens (including phenoxy) is 1. The number of thioether (sulfide) groups is 1. The first-order chi connectivity index (χ1) is 14.9. The van der Waals surface area contributed by atoms with Gasteiger partial charge in [-0.2, -0.15) is 0 Å². The molecule has 2 aromatic carbocycles. The smallest absolute Gasteiger partial charge is 0.243 e. The molecule has 0 aliphatic rings. The summed E-state index contributed by atoms with van der Waals surface area (Å²) in [7, 11) is 1.61. The molecule has 2 amide bonds. The van der Waals surface area contributed by atoms with E-state index in [1.54, 1.807) is 18.0 Å². The Balaban J connectivity index is 1.51. The van der Waals surface area contributed by atoms with Gasteiger partial charge in [-0.25, -0.2) is 0 Å². The number of rotatable bonds is 8. The minimum absolute atomic E-state index is 0.0999. The number of anilines is 1. The molecule has 3 aromatic rings. The number of benzene rings is 2. The van der Waals surface area contributed by atoms with Gasteiger partial charge < -0.3 is 15.4 Å². The molecule has 0 aliphatic heterocycles. The van der Waals surface area contributed by atoms with Gasteiger partial charge in [0.1, 0.15) is 12.1 Å². The zero-order chi connectivity index (χ0) is 22.4. The standard InChI is InChI=1S/C22H25N5O3S/c1-14-9-15(2)21(16(3)10-14)25-19(28)11-23-20(29)12-31-22-26-24-13-27(22)17-5-7-18(30-4)8-6-17/h5-10,13H,11-12H2,1-4H3,(H,23,29)(H,25,28). The Labute approximate surface area is 185 Å². The van der Waals surface area contributed by atoms with Gasteiger partial charge in [0, 0.05) is 11.4 Å². The van der Waals surface area contributed by atoms with Gasteiger partial charge in [-0.15, -0.1) is 10.2 Å². The van der Waals surface area contributed by atoms with Gasteiger partial charge in [-0.3, -0.25) is 14.2 Å². The third-order valence-electron chi connectivity index (χ3n) is 4.59. The van der Waals surface area contributed by atoms with Crippen molar-refractivity contribution in [2.45, 2.75) is 25.9 Å². The lowest BCUT2D eigenvalue weighted by Crippen LogP contribution is -2.34. The topological polar surface area (TPSA) is 98.1 Å². The second-order valence-electron chi connectivity index (χ2n) is 7.07. The molecule has 9 heteroatoms. The van der Waals surface area contributed by atoms with E-state index in [0.717, 1.165) is 33.8 Å². The third-order valence-corrected chi connectivity index (χ3v) is 5.53. The molecule has 0 saturated carbocycles. The monoisotopic (exact) mass is 439 g/mol. The number of hydrogen-bond acceptors (Lipinski definition) is 6.